The number of thioether (sulfide) groups is 1. The van der Waals surface area contributed by atoms with Crippen LogP contribution < -0.4 is 10.1 Å². The predicted molar refractivity (Wildman–Crippen MR) is 96.8 cm³/mol. The Balaban J connectivity index is 1.96. The molecule has 1 aromatic heterocycles. The summed E-state index contributed by atoms with van der Waals surface area (Å²) in [4.78, 5) is 23.0. The van der Waals surface area contributed by atoms with Gasteiger partial charge in [-0.15, -0.1) is 16.8 Å². The highest BCUT2D eigenvalue weighted by molar-refractivity contribution is 7.99. The maximum Gasteiger partial charge on any atom is 0.413 e. The van der Waals surface area contributed by atoms with E-state index in [1.165, 1.54) is 24.3 Å². The number of amides is 2. The summed E-state index contributed by atoms with van der Waals surface area (Å²) >= 11 is 1.12. The van der Waals surface area contributed by atoms with Crippen LogP contribution in [0.1, 0.15) is 12.7 Å². The van der Waals surface area contributed by atoms with Gasteiger partial charge >= 0.3 is 6.09 Å². The molecule has 1 aromatic carbocycles. The minimum atomic E-state index is -0.788. The lowest BCUT2D eigenvalue weighted by molar-refractivity contribution is -0.117. The summed E-state index contributed by atoms with van der Waals surface area (Å²) in [6, 6.07) is 5.62. The van der Waals surface area contributed by atoms with E-state index in [-0.39, 0.29) is 24.8 Å². The van der Waals surface area contributed by atoms with Crippen LogP contribution in [-0.2, 0) is 22.7 Å². The van der Waals surface area contributed by atoms with Crippen LogP contribution in [0.2, 0.25) is 0 Å². The van der Waals surface area contributed by atoms with Crippen molar-refractivity contribution in [3.8, 4) is 5.75 Å². The van der Waals surface area contributed by atoms with Crippen molar-refractivity contribution >= 4 is 23.8 Å². The topological polar surface area (TPSA) is 95.3 Å². The summed E-state index contributed by atoms with van der Waals surface area (Å²) in [5.41, 5.74) is 0. The number of hydrogen-bond donors (Lipinski definition) is 1. The molecule has 0 unspecified atom stereocenters. The molecule has 1 N–H and O–H groups in total. The highest BCUT2D eigenvalue weighted by Gasteiger charge is 2.15. The summed E-state index contributed by atoms with van der Waals surface area (Å²) in [5, 5.41) is 10.7. The lowest BCUT2D eigenvalue weighted by atomic mass is 10.3. The molecule has 10 heteroatoms. The molecule has 2 amide bonds. The van der Waals surface area contributed by atoms with Crippen molar-refractivity contribution in [1.29, 1.82) is 0 Å². The van der Waals surface area contributed by atoms with Crippen LogP contribution in [-0.4, -0.2) is 39.1 Å². The monoisotopic (exact) mass is 394 g/mol. The van der Waals surface area contributed by atoms with Gasteiger partial charge in [0.15, 0.2) is 11.0 Å². The SMILES string of the molecule is C=CCn1c(COc2ccc(F)cc2)nnc1SCC(=O)NC(=O)OCC. The third kappa shape index (κ3) is 6.41. The van der Waals surface area contributed by atoms with Gasteiger partial charge in [-0.1, -0.05) is 17.8 Å². The van der Waals surface area contributed by atoms with Gasteiger partial charge in [0.25, 0.3) is 0 Å². The molecule has 0 bridgehead atoms. The first-order chi connectivity index (χ1) is 13.0. The van der Waals surface area contributed by atoms with E-state index in [1.807, 2.05) is 0 Å². The Morgan fingerprint density at radius 3 is 2.74 bits per heavy atom. The van der Waals surface area contributed by atoms with Gasteiger partial charge in [0.05, 0.1) is 12.4 Å². The minimum Gasteiger partial charge on any atom is -0.486 e. The van der Waals surface area contributed by atoms with Crippen LogP contribution >= 0.6 is 11.8 Å². The highest BCUT2D eigenvalue weighted by atomic mass is 32.2. The van der Waals surface area contributed by atoms with Gasteiger partial charge in [-0.3, -0.25) is 14.7 Å². The standard InChI is InChI=1S/C17H19FN4O4S/c1-3-9-22-14(10-26-13-7-5-12(18)6-8-13)20-21-16(22)27-11-15(23)19-17(24)25-4-2/h3,5-8H,1,4,9-11H2,2H3,(H,19,23,24). The number of nitrogens with zero attached hydrogens (tertiary/aromatic N) is 3. The first-order valence-electron chi connectivity index (χ1n) is 8.04. The number of imide groups is 1. The Labute approximate surface area is 159 Å². The van der Waals surface area contributed by atoms with Crippen LogP contribution in [0.5, 0.6) is 5.75 Å². The number of halogens is 1. The molecule has 0 aliphatic heterocycles. The van der Waals surface area contributed by atoms with Crippen LogP contribution in [0, 0.1) is 5.82 Å². The quantitative estimate of drug-likeness (QED) is 0.516. The number of rotatable bonds is 9. The summed E-state index contributed by atoms with van der Waals surface area (Å²) in [5.74, 6) is 0.125. The van der Waals surface area contributed by atoms with Gasteiger partial charge in [-0.2, -0.15) is 0 Å². The Kier molecular flexibility index (Phi) is 7.80. The lowest BCUT2D eigenvalue weighted by Gasteiger charge is -2.09. The number of nitrogens with one attached hydrogen (secondary N) is 1. The Morgan fingerprint density at radius 1 is 1.33 bits per heavy atom. The third-order valence-electron chi connectivity index (χ3n) is 3.14. The van der Waals surface area contributed by atoms with Crippen molar-refractivity contribution in [3.05, 3.63) is 48.6 Å². The molecular weight excluding hydrogens is 375 g/mol. The van der Waals surface area contributed by atoms with Crippen molar-refractivity contribution in [2.75, 3.05) is 12.4 Å². The fraction of sp³-hybridized carbons (Fsp3) is 0.294. The van der Waals surface area contributed by atoms with E-state index in [9.17, 15) is 14.0 Å². The van der Waals surface area contributed by atoms with Crippen molar-refractivity contribution in [3.63, 3.8) is 0 Å². The van der Waals surface area contributed by atoms with Gasteiger partial charge in [0.1, 0.15) is 18.2 Å². The fourth-order valence-corrected chi connectivity index (χ4v) is 2.74. The van der Waals surface area contributed by atoms with E-state index in [4.69, 9.17) is 4.74 Å². The maximum atomic E-state index is 12.9. The minimum absolute atomic E-state index is 0.0348. The molecule has 0 saturated carbocycles. The van der Waals surface area contributed by atoms with Crippen LogP contribution in [0.4, 0.5) is 9.18 Å². The zero-order chi connectivity index (χ0) is 19.6. The summed E-state index contributed by atoms with van der Waals surface area (Å²) in [7, 11) is 0. The fourth-order valence-electron chi connectivity index (χ4n) is 1.97. The molecule has 27 heavy (non-hydrogen) atoms. The zero-order valence-corrected chi connectivity index (χ0v) is 15.5. The molecule has 144 valence electrons. The number of carbonyl (C=O) groups is 2. The number of carbonyl (C=O) groups excluding carboxylic acids is 2. The van der Waals surface area contributed by atoms with Crippen LogP contribution in [0.3, 0.4) is 0 Å². The summed E-state index contributed by atoms with van der Waals surface area (Å²) < 4.78 is 24.9. The van der Waals surface area contributed by atoms with Gasteiger partial charge in [-0.05, 0) is 31.2 Å². The average molecular weight is 394 g/mol. The number of allylic oxidation sites excluding steroid dienone is 1. The van der Waals surface area contributed by atoms with Crippen LogP contribution in [0.15, 0.2) is 42.1 Å². The zero-order valence-electron chi connectivity index (χ0n) is 14.7. The van der Waals surface area contributed by atoms with E-state index in [1.54, 1.807) is 17.6 Å². The van der Waals surface area contributed by atoms with E-state index >= 15 is 0 Å². The van der Waals surface area contributed by atoms with Gasteiger partial charge in [-0.25, -0.2) is 9.18 Å². The van der Waals surface area contributed by atoms with Crippen LogP contribution in [0.25, 0.3) is 0 Å². The smallest absolute Gasteiger partial charge is 0.413 e. The molecule has 0 fully saturated rings. The largest absolute Gasteiger partial charge is 0.486 e. The van der Waals surface area contributed by atoms with E-state index in [2.05, 4.69) is 26.8 Å². The van der Waals surface area contributed by atoms with Gasteiger partial charge in [0, 0.05) is 6.54 Å². The summed E-state index contributed by atoms with van der Waals surface area (Å²) in [6.07, 6.45) is 0.872. The van der Waals surface area contributed by atoms with E-state index in [0.29, 0.717) is 23.3 Å². The number of alkyl carbamates (subject to hydrolysis) is 1. The molecule has 0 atom stereocenters. The number of ether oxygens (including phenoxy) is 2. The molecule has 1 heterocycles. The lowest BCUT2D eigenvalue weighted by Crippen LogP contribution is -2.32. The van der Waals surface area contributed by atoms with Crippen molar-refractivity contribution in [2.24, 2.45) is 0 Å². The third-order valence-corrected chi connectivity index (χ3v) is 4.10. The predicted octanol–water partition coefficient (Wildman–Crippen LogP) is 2.55. The van der Waals surface area contributed by atoms with Gasteiger partial charge in [0.2, 0.25) is 5.91 Å². The molecule has 0 spiro atoms. The maximum absolute atomic E-state index is 12.9. The van der Waals surface area contributed by atoms with E-state index in [0.717, 1.165) is 11.8 Å². The van der Waals surface area contributed by atoms with Crippen molar-refractivity contribution < 1.29 is 23.5 Å². The van der Waals surface area contributed by atoms with E-state index < -0.39 is 12.0 Å². The molecule has 2 rings (SSSR count). The molecule has 0 saturated heterocycles. The normalized spacial score (nSPS) is 10.3. The molecular formula is C17H19FN4O4S. The molecule has 0 aliphatic carbocycles. The number of benzene rings is 1. The Hall–Kier alpha value is -2.88. The van der Waals surface area contributed by atoms with Crippen molar-refractivity contribution in [1.82, 2.24) is 20.1 Å². The first-order valence-corrected chi connectivity index (χ1v) is 9.02. The number of hydrogen-bond acceptors (Lipinski definition) is 7. The number of aromatic nitrogens is 3. The Morgan fingerprint density at radius 2 is 2.07 bits per heavy atom. The second kappa shape index (κ2) is 10.3. The highest BCUT2D eigenvalue weighted by Crippen LogP contribution is 2.19. The molecule has 2 aromatic rings. The molecule has 0 radical (unpaired) electrons. The van der Waals surface area contributed by atoms with Crippen molar-refractivity contribution in [2.45, 2.75) is 25.2 Å². The first kappa shape index (κ1) is 20.4. The Bertz CT molecular complexity index is 795. The van der Waals surface area contributed by atoms with Gasteiger partial charge < -0.3 is 9.47 Å². The second-order valence-electron chi connectivity index (χ2n) is 5.10. The molecule has 8 nitrogen and oxygen atoms in total. The average Bonchev–Trinajstić information content (AvgIpc) is 3.02. The molecule has 0 aliphatic rings. The summed E-state index contributed by atoms with van der Waals surface area (Å²) in [6.45, 7) is 6.04. The second-order valence-corrected chi connectivity index (χ2v) is 6.04.